The highest BCUT2D eigenvalue weighted by molar-refractivity contribution is 6.01. The van der Waals surface area contributed by atoms with Crippen molar-refractivity contribution in [1.82, 2.24) is 4.98 Å². The van der Waals surface area contributed by atoms with E-state index in [0.717, 1.165) is 24.8 Å². The Kier molecular flexibility index (Phi) is 2.83. The van der Waals surface area contributed by atoms with Gasteiger partial charge in [-0.2, -0.15) is 0 Å². The van der Waals surface area contributed by atoms with Crippen molar-refractivity contribution in [1.29, 1.82) is 0 Å². The quantitative estimate of drug-likeness (QED) is 0.800. The van der Waals surface area contributed by atoms with E-state index in [4.69, 9.17) is 4.74 Å². The van der Waals surface area contributed by atoms with Crippen molar-refractivity contribution in [3.63, 3.8) is 0 Å². The summed E-state index contributed by atoms with van der Waals surface area (Å²) in [6.45, 7) is 3.21. The summed E-state index contributed by atoms with van der Waals surface area (Å²) in [5, 5.41) is 0. The molecule has 2 aliphatic rings. The largest absolute Gasteiger partial charge is 0.474 e. The molecule has 3 nitrogen and oxygen atoms in total. The molecular weight excluding hydrogens is 212 g/mol. The van der Waals surface area contributed by atoms with E-state index < -0.39 is 0 Å². The van der Waals surface area contributed by atoms with Gasteiger partial charge < -0.3 is 4.74 Å². The summed E-state index contributed by atoms with van der Waals surface area (Å²) in [5.74, 6) is 1.48. The molecule has 17 heavy (non-hydrogen) atoms. The van der Waals surface area contributed by atoms with Crippen LogP contribution in [0.25, 0.3) is 0 Å². The van der Waals surface area contributed by atoms with E-state index >= 15 is 0 Å². The van der Waals surface area contributed by atoms with Gasteiger partial charge in [-0.15, -0.1) is 0 Å². The van der Waals surface area contributed by atoms with Gasteiger partial charge in [-0.25, -0.2) is 4.98 Å². The zero-order chi connectivity index (χ0) is 11.7. The third-order valence-corrected chi connectivity index (χ3v) is 3.35. The van der Waals surface area contributed by atoms with E-state index in [-0.39, 0.29) is 0 Å². The molecule has 3 rings (SSSR count). The molecule has 0 unspecified atom stereocenters. The highest BCUT2D eigenvalue weighted by atomic mass is 16.5. The lowest BCUT2D eigenvalue weighted by Gasteiger charge is -2.17. The summed E-state index contributed by atoms with van der Waals surface area (Å²) in [6.07, 6.45) is 6.89. The van der Waals surface area contributed by atoms with Gasteiger partial charge in [0.15, 0.2) is 0 Å². The number of nitrogens with zero attached hydrogens (tertiary/aromatic N) is 2. The van der Waals surface area contributed by atoms with Crippen molar-refractivity contribution < 1.29 is 4.74 Å². The molecular formula is C14H18N2O. The summed E-state index contributed by atoms with van der Waals surface area (Å²) in [7, 11) is 0. The lowest BCUT2D eigenvalue weighted by Crippen LogP contribution is -2.14. The lowest BCUT2D eigenvalue weighted by molar-refractivity contribution is 0.291. The van der Waals surface area contributed by atoms with Crippen LogP contribution < -0.4 is 4.74 Å². The minimum absolute atomic E-state index is 0.408. The summed E-state index contributed by atoms with van der Waals surface area (Å²) < 4.78 is 5.71. The van der Waals surface area contributed by atoms with Gasteiger partial charge in [-0.3, -0.25) is 4.99 Å². The average Bonchev–Trinajstić information content (AvgIpc) is 3.14. The van der Waals surface area contributed by atoms with Crippen LogP contribution in [0.2, 0.25) is 0 Å². The van der Waals surface area contributed by atoms with Crippen molar-refractivity contribution >= 4 is 5.71 Å². The standard InChI is InChI=1S/C14H18N2O/c1-10-2-5-13(16-9-10)11-6-7-15-14(8-11)17-12-3-4-12/h6-8,10,12H,2-5,9H2,1H3/t10-/m0/s1. The number of aliphatic imine (C=N–C) groups is 1. The van der Waals surface area contributed by atoms with Crippen LogP contribution in [0.4, 0.5) is 0 Å². The van der Waals surface area contributed by atoms with Crippen LogP contribution in [0, 0.1) is 5.92 Å². The molecule has 0 radical (unpaired) electrons. The highest BCUT2D eigenvalue weighted by Crippen LogP contribution is 2.26. The first-order valence-corrected chi connectivity index (χ1v) is 6.47. The minimum Gasteiger partial charge on any atom is -0.474 e. The Balaban J connectivity index is 1.77. The molecule has 0 amide bonds. The van der Waals surface area contributed by atoms with E-state index in [9.17, 15) is 0 Å². The Hall–Kier alpha value is -1.38. The molecule has 2 heterocycles. The maximum absolute atomic E-state index is 5.71. The second kappa shape index (κ2) is 4.47. The third kappa shape index (κ3) is 2.65. The van der Waals surface area contributed by atoms with E-state index in [2.05, 4.69) is 16.9 Å². The predicted molar refractivity (Wildman–Crippen MR) is 67.7 cm³/mol. The lowest BCUT2D eigenvalue weighted by atomic mass is 9.96. The summed E-state index contributed by atoms with van der Waals surface area (Å²) >= 11 is 0. The maximum atomic E-state index is 5.71. The van der Waals surface area contributed by atoms with Gasteiger partial charge in [0.25, 0.3) is 0 Å². The molecule has 3 heteroatoms. The number of hydrogen-bond donors (Lipinski definition) is 0. The summed E-state index contributed by atoms with van der Waals surface area (Å²) in [4.78, 5) is 8.90. The zero-order valence-corrected chi connectivity index (χ0v) is 10.2. The molecule has 1 aliphatic heterocycles. The molecule has 0 spiro atoms. The van der Waals surface area contributed by atoms with Crippen molar-refractivity contribution in [2.75, 3.05) is 6.54 Å². The van der Waals surface area contributed by atoms with Crippen molar-refractivity contribution in [3.8, 4) is 5.88 Å². The number of pyridine rings is 1. The van der Waals surface area contributed by atoms with Crippen LogP contribution in [-0.2, 0) is 0 Å². The topological polar surface area (TPSA) is 34.5 Å². The molecule has 90 valence electrons. The fourth-order valence-corrected chi connectivity index (χ4v) is 2.07. The molecule has 1 aromatic heterocycles. The number of hydrogen-bond acceptors (Lipinski definition) is 3. The molecule has 0 N–H and O–H groups in total. The number of rotatable bonds is 3. The first kappa shape index (κ1) is 10.8. The van der Waals surface area contributed by atoms with E-state index in [1.54, 1.807) is 0 Å². The van der Waals surface area contributed by atoms with Crippen LogP contribution in [0.3, 0.4) is 0 Å². The molecule has 0 saturated heterocycles. The Labute approximate surface area is 102 Å². The second-order valence-corrected chi connectivity index (χ2v) is 5.13. The van der Waals surface area contributed by atoms with Gasteiger partial charge in [0.05, 0.1) is 0 Å². The second-order valence-electron chi connectivity index (χ2n) is 5.13. The van der Waals surface area contributed by atoms with Crippen LogP contribution in [0.5, 0.6) is 5.88 Å². The van der Waals surface area contributed by atoms with Crippen molar-refractivity contribution in [2.24, 2.45) is 10.9 Å². The Morgan fingerprint density at radius 3 is 2.88 bits per heavy atom. The highest BCUT2D eigenvalue weighted by Gasteiger charge is 2.24. The molecule has 0 aromatic carbocycles. The van der Waals surface area contributed by atoms with Gasteiger partial charge in [0, 0.05) is 30.1 Å². The Bertz CT molecular complexity index is 438. The predicted octanol–water partition coefficient (Wildman–Crippen LogP) is 2.84. The van der Waals surface area contributed by atoms with E-state index in [1.807, 2.05) is 18.3 Å². The number of aromatic nitrogens is 1. The first-order chi connectivity index (χ1) is 8.31. The molecule has 1 saturated carbocycles. The minimum atomic E-state index is 0.408. The zero-order valence-electron chi connectivity index (χ0n) is 10.2. The average molecular weight is 230 g/mol. The third-order valence-electron chi connectivity index (χ3n) is 3.35. The van der Waals surface area contributed by atoms with Gasteiger partial charge >= 0.3 is 0 Å². The monoisotopic (exact) mass is 230 g/mol. The first-order valence-electron chi connectivity index (χ1n) is 6.47. The molecule has 0 bridgehead atoms. The van der Waals surface area contributed by atoms with Crippen molar-refractivity contribution in [3.05, 3.63) is 23.9 Å². The molecule has 1 atom stereocenters. The van der Waals surface area contributed by atoms with Gasteiger partial charge in [-0.05, 0) is 37.7 Å². The van der Waals surface area contributed by atoms with Crippen LogP contribution >= 0.6 is 0 Å². The SMILES string of the molecule is C[C@H]1CCC(c2ccnc(OC3CC3)c2)=NC1. The van der Waals surface area contributed by atoms with Crippen LogP contribution in [0.1, 0.15) is 38.2 Å². The van der Waals surface area contributed by atoms with Crippen LogP contribution in [-0.4, -0.2) is 23.3 Å². The smallest absolute Gasteiger partial charge is 0.214 e. The number of ether oxygens (including phenoxy) is 1. The Morgan fingerprint density at radius 2 is 2.18 bits per heavy atom. The van der Waals surface area contributed by atoms with Crippen molar-refractivity contribution in [2.45, 2.75) is 38.7 Å². The fourth-order valence-electron chi connectivity index (χ4n) is 2.07. The molecule has 1 fully saturated rings. The van der Waals surface area contributed by atoms with E-state index in [0.29, 0.717) is 6.10 Å². The van der Waals surface area contributed by atoms with Gasteiger partial charge in [-0.1, -0.05) is 6.92 Å². The normalized spacial score (nSPS) is 24.3. The fraction of sp³-hybridized carbons (Fsp3) is 0.571. The molecule has 1 aliphatic carbocycles. The summed E-state index contributed by atoms with van der Waals surface area (Å²) in [6, 6.07) is 4.07. The summed E-state index contributed by atoms with van der Waals surface area (Å²) in [5.41, 5.74) is 2.40. The van der Waals surface area contributed by atoms with E-state index in [1.165, 1.54) is 30.5 Å². The maximum Gasteiger partial charge on any atom is 0.214 e. The molecule has 1 aromatic rings. The van der Waals surface area contributed by atoms with Gasteiger partial charge in [0.2, 0.25) is 5.88 Å². The Morgan fingerprint density at radius 1 is 1.29 bits per heavy atom. The van der Waals surface area contributed by atoms with Gasteiger partial charge in [0.1, 0.15) is 6.10 Å². The van der Waals surface area contributed by atoms with Crippen LogP contribution in [0.15, 0.2) is 23.3 Å².